The third kappa shape index (κ3) is 5.47. The number of allylic oxidation sites excluding steroid dienone is 3. The number of ether oxygens (including phenoxy) is 2. The van der Waals surface area contributed by atoms with Gasteiger partial charge >= 0.3 is 5.97 Å². The van der Waals surface area contributed by atoms with Crippen molar-refractivity contribution >= 4 is 17.7 Å². The van der Waals surface area contributed by atoms with Crippen molar-refractivity contribution < 1.29 is 14.3 Å². The molecule has 0 bridgehead atoms. The van der Waals surface area contributed by atoms with E-state index in [-0.39, 0.29) is 12.1 Å². The van der Waals surface area contributed by atoms with Crippen LogP contribution in [0, 0.1) is 0 Å². The van der Waals surface area contributed by atoms with Crippen molar-refractivity contribution in [3.63, 3.8) is 0 Å². The standard InChI is InChI=1S/C19H24O3S/c1-3-5-11-17(19(20)21-4-2)18-13-12-15(22-18)14-23-16-9-7-6-8-10-16/h3,5-10,15H,4,11-14H2,1-2H3/b5-3+,18-17+. The van der Waals surface area contributed by atoms with Gasteiger partial charge in [-0.25, -0.2) is 4.79 Å². The highest BCUT2D eigenvalue weighted by Gasteiger charge is 2.26. The maximum atomic E-state index is 12.1. The second-order valence-corrected chi connectivity index (χ2v) is 6.39. The number of benzene rings is 1. The minimum absolute atomic E-state index is 0.158. The van der Waals surface area contributed by atoms with E-state index in [2.05, 4.69) is 12.1 Å². The van der Waals surface area contributed by atoms with Crippen LogP contribution in [0.25, 0.3) is 0 Å². The van der Waals surface area contributed by atoms with Crippen LogP contribution in [0.1, 0.15) is 33.1 Å². The fourth-order valence-corrected chi connectivity index (χ4v) is 3.38. The van der Waals surface area contributed by atoms with Crippen molar-refractivity contribution in [3.05, 3.63) is 53.8 Å². The van der Waals surface area contributed by atoms with Crippen LogP contribution in [0.2, 0.25) is 0 Å². The molecule has 1 aliphatic heterocycles. The molecule has 1 unspecified atom stereocenters. The highest BCUT2D eigenvalue weighted by atomic mass is 32.2. The number of hydrogen-bond acceptors (Lipinski definition) is 4. The van der Waals surface area contributed by atoms with Crippen molar-refractivity contribution in [3.8, 4) is 0 Å². The predicted octanol–water partition coefficient (Wildman–Crippen LogP) is 4.74. The number of carbonyl (C=O) groups is 1. The van der Waals surface area contributed by atoms with E-state index in [1.807, 2.05) is 44.2 Å². The van der Waals surface area contributed by atoms with Gasteiger partial charge in [-0.1, -0.05) is 30.4 Å². The van der Waals surface area contributed by atoms with Crippen molar-refractivity contribution in [1.29, 1.82) is 0 Å². The molecule has 1 aliphatic rings. The number of esters is 1. The van der Waals surface area contributed by atoms with E-state index in [0.717, 1.165) is 24.4 Å². The molecule has 1 heterocycles. The second kappa shape index (κ2) is 9.46. The van der Waals surface area contributed by atoms with Crippen LogP contribution >= 0.6 is 11.8 Å². The molecular formula is C19H24O3S. The molecular weight excluding hydrogens is 308 g/mol. The maximum absolute atomic E-state index is 12.1. The van der Waals surface area contributed by atoms with Crippen LogP contribution in [0.5, 0.6) is 0 Å². The van der Waals surface area contributed by atoms with Gasteiger partial charge in [-0.2, -0.15) is 0 Å². The summed E-state index contributed by atoms with van der Waals surface area (Å²) in [4.78, 5) is 13.4. The second-order valence-electron chi connectivity index (χ2n) is 5.30. The van der Waals surface area contributed by atoms with E-state index in [9.17, 15) is 4.79 Å². The van der Waals surface area contributed by atoms with E-state index < -0.39 is 0 Å². The Morgan fingerprint density at radius 1 is 1.39 bits per heavy atom. The third-order valence-electron chi connectivity index (χ3n) is 3.60. The SMILES string of the molecule is C/C=C/C/C(C(=O)OCC)=C1/CCC(CSc2ccccc2)O1. The minimum Gasteiger partial charge on any atom is -0.493 e. The Hall–Kier alpha value is -1.68. The average molecular weight is 332 g/mol. The zero-order valence-electron chi connectivity index (χ0n) is 13.8. The van der Waals surface area contributed by atoms with Gasteiger partial charge in [0.05, 0.1) is 12.2 Å². The molecule has 1 aromatic rings. The van der Waals surface area contributed by atoms with Gasteiger partial charge in [-0.3, -0.25) is 0 Å². The van der Waals surface area contributed by atoms with Crippen LogP contribution in [-0.2, 0) is 14.3 Å². The summed E-state index contributed by atoms with van der Waals surface area (Å²) < 4.78 is 11.2. The fourth-order valence-electron chi connectivity index (χ4n) is 2.42. The Morgan fingerprint density at radius 3 is 2.87 bits per heavy atom. The smallest absolute Gasteiger partial charge is 0.337 e. The molecule has 0 saturated carbocycles. The normalized spacial score (nSPS) is 19.7. The zero-order valence-corrected chi connectivity index (χ0v) is 14.6. The molecule has 2 rings (SSSR count). The summed E-state index contributed by atoms with van der Waals surface area (Å²) in [6, 6.07) is 10.3. The number of thioether (sulfide) groups is 1. The summed E-state index contributed by atoms with van der Waals surface area (Å²) in [7, 11) is 0. The lowest BCUT2D eigenvalue weighted by molar-refractivity contribution is -0.138. The van der Waals surface area contributed by atoms with E-state index in [0.29, 0.717) is 18.6 Å². The Morgan fingerprint density at radius 2 is 2.17 bits per heavy atom. The number of rotatable bonds is 7. The van der Waals surface area contributed by atoms with E-state index in [1.165, 1.54) is 4.90 Å². The fraction of sp³-hybridized carbons (Fsp3) is 0.421. The molecule has 0 aliphatic carbocycles. The zero-order chi connectivity index (χ0) is 16.5. The van der Waals surface area contributed by atoms with Gasteiger partial charge in [-0.05, 0) is 32.4 Å². The minimum atomic E-state index is -0.253. The Balaban J connectivity index is 1.97. The van der Waals surface area contributed by atoms with Crippen LogP contribution < -0.4 is 0 Å². The van der Waals surface area contributed by atoms with Gasteiger partial charge in [0.15, 0.2) is 0 Å². The molecule has 0 spiro atoms. The molecule has 0 N–H and O–H groups in total. The summed E-state index contributed by atoms with van der Waals surface area (Å²) in [5, 5.41) is 0. The summed E-state index contributed by atoms with van der Waals surface area (Å²) in [6.45, 7) is 4.16. The lowest BCUT2D eigenvalue weighted by atomic mass is 10.1. The molecule has 1 atom stereocenters. The first kappa shape index (κ1) is 17.7. The van der Waals surface area contributed by atoms with Crippen LogP contribution in [0.15, 0.2) is 58.7 Å². The topological polar surface area (TPSA) is 35.5 Å². The van der Waals surface area contributed by atoms with Crippen LogP contribution in [0.4, 0.5) is 0 Å². The molecule has 0 aromatic heterocycles. The summed E-state index contributed by atoms with van der Waals surface area (Å²) >= 11 is 1.79. The molecule has 1 saturated heterocycles. The monoisotopic (exact) mass is 332 g/mol. The highest BCUT2D eigenvalue weighted by Crippen LogP contribution is 2.31. The van der Waals surface area contributed by atoms with E-state index in [4.69, 9.17) is 9.47 Å². The Kier molecular flexibility index (Phi) is 7.27. The van der Waals surface area contributed by atoms with Gasteiger partial charge < -0.3 is 9.47 Å². The summed E-state index contributed by atoms with van der Waals surface area (Å²) in [6.07, 6.45) is 6.40. The van der Waals surface area contributed by atoms with Crippen molar-refractivity contribution in [2.75, 3.05) is 12.4 Å². The predicted molar refractivity (Wildman–Crippen MR) is 94.4 cm³/mol. The molecule has 0 amide bonds. The van der Waals surface area contributed by atoms with Crippen LogP contribution in [-0.4, -0.2) is 24.4 Å². The van der Waals surface area contributed by atoms with Gasteiger partial charge in [0, 0.05) is 23.5 Å². The van der Waals surface area contributed by atoms with E-state index in [1.54, 1.807) is 11.8 Å². The number of hydrogen-bond donors (Lipinski definition) is 0. The molecule has 1 fully saturated rings. The maximum Gasteiger partial charge on any atom is 0.337 e. The van der Waals surface area contributed by atoms with Gasteiger partial charge in [-0.15, -0.1) is 11.8 Å². The van der Waals surface area contributed by atoms with Crippen LogP contribution in [0.3, 0.4) is 0 Å². The van der Waals surface area contributed by atoms with Gasteiger partial charge in [0.25, 0.3) is 0 Å². The first-order chi connectivity index (χ1) is 11.2. The molecule has 124 valence electrons. The first-order valence-corrected chi connectivity index (χ1v) is 9.08. The summed E-state index contributed by atoms with van der Waals surface area (Å²) in [5.74, 6) is 1.45. The molecule has 1 aromatic carbocycles. The molecule has 23 heavy (non-hydrogen) atoms. The molecule has 0 radical (unpaired) electrons. The number of carbonyl (C=O) groups excluding carboxylic acids is 1. The molecule has 4 heteroatoms. The van der Waals surface area contributed by atoms with Crippen molar-refractivity contribution in [2.45, 2.75) is 44.1 Å². The quantitative estimate of drug-likeness (QED) is 0.313. The Labute approximate surface area is 142 Å². The largest absolute Gasteiger partial charge is 0.493 e. The highest BCUT2D eigenvalue weighted by molar-refractivity contribution is 7.99. The van der Waals surface area contributed by atoms with Crippen molar-refractivity contribution in [1.82, 2.24) is 0 Å². The Bertz CT molecular complexity index is 563. The van der Waals surface area contributed by atoms with E-state index >= 15 is 0 Å². The first-order valence-electron chi connectivity index (χ1n) is 8.09. The van der Waals surface area contributed by atoms with Crippen molar-refractivity contribution in [2.24, 2.45) is 0 Å². The lowest BCUT2D eigenvalue weighted by Crippen LogP contribution is -2.12. The lowest BCUT2D eigenvalue weighted by Gasteiger charge is -2.13. The average Bonchev–Trinajstić information content (AvgIpc) is 3.03. The third-order valence-corrected chi connectivity index (χ3v) is 4.74. The van der Waals surface area contributed by atoms with Gasteiger partial charge in [0.2, 0.25) is 0 Å². The molecule has 3 nitrogen and oxygen atoms in total. The summed E-state index contributed by atoms with van der Waals surface area (Å²) in [5.41, 5.74) is 0.664. The van der Waals surface area contributed by atoms with Gasteiger partial charge in [0.1, 0.15) is 11.9 Å².